The smallest absolute Gasteiger partial charge is 0.293 e. The van der Waals surface area contributed by atoms with Crippen molar-refractivity contribution in [3.8, 4) is 0 Å². The van der Waals surface area contributed by atoms with Gasteiger partial charge in [-0.3, -0.25) is 4.79 Å². The maximum Gasteiger partial charge on any atom is 0.293 e. The number of carbonyl (C=O) groups is 1. The second kappa shape index (κ2) is 24.6. The quantitative estimate of drug-likeness (QED) is 0.0378. The first kappa shape index (κ1) is 54.5. The van der Waals surface area contributed by atoms with Crippen LogP contribution in [0.1, 0.15) is 80.6 Å². The van der Waals surface area contributed by atoms with Gasteiger partial charge in [-0.25, -0.2) is 0 Å². The Hall–Kier alpha value is -0.820. The average Bonchev–Trinajstić information content (AvgIpc) is 3.16. The minimum Gasteiger partial charge on any atom is -0.459 e. The number of aliphatic hydroxyl groups excluding tert-OH is 9. The normalized spacial score (nSPS) is 36.4. The third-order valence-corrected chi connectivity index (χ3v) is 12.0. The molecule has 0 aliphatic carbocycles. The molecule has 0 amide bonds. The SMILES string of the molecule is CC(CCO)CC(C)(C)COCC1OC(OC2C(O)C(OC3C(O)C(CO)OC(OCCC(C)(C)CC(C)(C)CCOP(C)O)C3O)OC(CO)C2OC=O)C(O)C(O)C1O. The fraction of sp³-hybridized carbons (Fsp3) is 0.975. The van der Waals surface area contributed by atoms with Gasteiger partial charge in [-0.2, -0.15) is 0 Å². The Morgan fingerprint density at radius 2 is 1.23 bits per heavy atom. The molecule has 10 N–H and O–H groups in total. The van der Waals surface area contributed by atoms with Crippen LogP contribution in [0, 0.1) is 22.2 Å². The fourth-order valence-electron chi connectivity index (χ4n) is 8.52. The predicted molar refractivity (Wildman–Crippen MR) is 215 cm³/mol. The Kier molecular flexibility index (Phi) is 22.0. The summed E-state index contributed by atoms with van der Waals surface area (Å²) in [5.74, 6) is 0.211. The van der Waals surface area contributed by atoms with Crippen molar-refractivity contribution in [3.05, 3.63) is 0 Å². The van der Waals surface area contributed by atoms with Crippen molar-refractivity contribution < 1.29 is 98.1 Å². The average molecular weight is 907 g/mol. The minimum atomic E-state index is -1.95. The molecule has 17 atom stereocenters. The van der Waals surface area contributed by atoms with Gasteiger partial charge in [0.25, 0.3) is 6.47 Å². The number of rotatable bonds is 26. The van der Waals surface area contributed by atoms with Gasteiger partial charge < -0.3 is 93.3 Å². The van der Waals surface area contributed by atoms with E-state index in [9.17, 15) is 55.6 Å². The van der Waals surface area contributed by atoms with Crippen LogP contribution in [-0.2, 0) is 47.2 Å². The summed E-state index contributed by atoms with van der Waals surface area (Å²) in [6.45, 7) is 14.9. The van der Waals surface area contributed by atoms with Gasteiger partial charge in [0.05, 0.1) is 39.6 Å². The standard InChI is InChI=1S/C40H75O20P/c1-22(9-12-41)15-40(6,7)20-52-18-25-26(45)28(47)29(48)36(58-25)60-34-31(50)37(57-24(17-43)32(34)54-21-44)59-33-27(46)23(16-42)56-35(30(33)49)53-13-10-38(2,3)19-39(4,5)11-14-55-61(8)51/h21-37,41-43,45-51H,9-20H2,1-8H3. The highest BCUT2D eigenvalue weighted by atomic mass is 31.2. The molecular weight excluding hydrogens is 831 g/mol. The van der Waals surface area contributed by atoms with E-state index >= 15 is 0 Å². The summed E-state index contributed by atoms with van der Waals surface area (Å²) >= 11 is 0. The predicted octanol–water partition coefficient (Wildman–Crippen LogP) is -0.736. The molecule has 0 aromatic heterocycles. The van der Waals surface area contributed by atoms with Crippen LogP contribution in [-0.4, -0.2) is 202 Å². The molecule has 0 spiro atoms. The first-order valence-corrected chi connectivity index (χ1v) is 22.7. The zero-order chi connectivity index (χ0) is 45.9. The van der Waals surface area contributed by atoms with Crippen molar-refractivity contribution in [2.75, 3.05) is 52.9 Å². The van der Waals surface area contributed by atoms with Crippen molar-refractivity contribution in [1.82, 2.24) is 0 Å². The van der Waals surface area contributed by atoms with E-state index in [1.807, 2.05) is 20.8 Å². The number of carbonyl (C=O) groups excluding carboxylic acids is 1. The van der Waals surface area contributed by atoms with E-state index in [2.05, 4.69) is 27.7 Å². The van der Waals surface area contributed by atoms with Crippen LogP contribution < -0.4 is 0 Å². The molecule has 360 valence electrons. The lowest BCUT2D eigenvalue weighted by Crippen LogP contribution is -2.67. The highest BCUT2D eigenvalue weighted by Gasteiger charge is 2.55. The summed E-state index contributed by atoms with van der Waals surface area (Å²) in [5, 5.41) is 96.4. The van der Waals surface area contributed by atoms with Crippen LogP contribution in [0.3, 0.4) is 0 Å². The third kappa shape index (κ3) is 16.2. The lowest BCUT2D eigenvalue weighted by atomic mass is 9.72. The van der Waals surface area contributed by atoms with Gasteiger partial charge in [-0.05, 0) is 54.3 Å². The lowest BCUT2D eigenvalue weighted by molar-refractivity contribution is -0.381. The van der Waals surface area contributed by atoms with Gasteiger partial charge in [0.1, 0.15) is 67.1 Å². The van der Waals surface area contributed by atoms with Gasteiger partial charge >= 0.3 is 0 Å². The molecule has 0 aromatic carbocycles. The molecule has 3 heterocycles. The van der Waals surface area contributed by atoms with Crippen molar-refractivity contribution in [2.45, 2.75) is 173 Å². The maximum atomic E-state index is 11.6. The monoisotopic (exact) mass is 906 g/mol. The molecule has 3 aliphatic heterocycles. The van der Waals surface area contributed by atoms with E-state index in [1.165, 1.54) is 0 Å². The molecule has 17 unspecified atom stereocenters. The zero-order valence-electron chi connectivity index (χ0n) is 36.8. The lowest BCUT2D eigenvalue weighted by Gasteiger charge is -2.48. The van der Waals surface area contributed by atoms with Crippen molar-refractivity contribution in [3.63, 3.8) is 0 Å². The van der Waals surface area contributed by atoms with E-state index in [-0.39, 0.29) is 55.1 Å². The molecule has 61 heavy (non-hydrogen) atoms. The first-order valence-electron chi connectivity index (χ1n) is 21.0. The number of ether oxygens (including phenoxy) is 8. The van der Waals surface area contributed by atoms with Crippen molar-refractivity contribution in [2.24, 2.45) is 22.2 Å². The number of hydrogen-bond donors (Lipinski definition) is 10. The van der Waals surface area contributed by atoms with Crippen LogP contribution in [0.4, 0.5) is 0 Å². The second-order valence-corrected chi connectivity index (χ2v) is 20.2. The highest BCUT2D eigenvalue weighted by Crippen LogP contribution is 2.40. The summed E-state index contributed by atoms with van der Waals surface area (Å²) in [7, 11) is -1.45. The summed E-state index contributed by atoms with van der Waals surface area (Å²) in [6.07, 6.45) is -21.3. The Morgan fingerprint density at radius 1 is 0.672 bits per heavy atom. The fourth-order valence-corrected chi connectivity index (χ4v) is 8.87. The largest absolute Gasteiger partial charge is 0.459 e. The molecule has 20 nitrogen and oxygen atoms in total. The summed E-state index contributed by atoms with van der Waals surface area (Å²) in [4.78, 5) is 21.1. The summed E-state index contributed by atoms with van der Waals surface area (Å²) in [5.41, 5.74) is -0.725. The molecule has 0 bridgehead atoms. The highest BCUT2D eigenvalue weighted by molar-refractivity contribution is 7.45. The number of aliphatic hydroxyl groups is 9. The van der Waals surface area contributed by atoms with Gasteiger partial charge in [0.2, 0.25) is 0 Å². The topological polar surface area (TPSA) is 302 Å². The Labute approximate surface area is 360 Å². The van der Waals surface area contributed by atoms with Gasteiger partial charge in [-0.15, -0.1) is 0 Å². The third-order valence-electron chi connectivity index (χ3n) is 11.5. The second-order valence-electron chi connectivity index (χ2n) is 19.0. The molecule has 3 saturated heterocycles. The van der Waals surface area contributed by atoms with Gasteiger partial charge in [0, 0.05) is 13.3 Å². The zero-order valence-corrected chi connectivity index (χ0v) is 37.7. The van der Waals surface area contributed by atoms with Crippen molar-refractivity contribution >= 4 is 14.8 Å². The van der Waals surface area contributed by atoms with E-state index in [4.69, 9.17) is 42.4 Å². The van der Waals surface area contributed by atoms with E-state index in [1.54, 1.807) is 6.66 Å². The van der Waals surface area contributed by atoms with E-state index in [0.717, 1.165) is 12.8 Å². The maximum absolute atomic E-state index is 11.6. The molecule has 0 radical (unpaired) electrons. The van der Waals surface area contributed by atoms with E-state index < -0.39 is 114 Å². The molecule has 0 aromatic rings. The summed E-state index contributed by atoms with van der Waals surface area (Å²) in [6, 6.07) is 0. The van der Waals surface area contributed by atoms with Crippen LogP contribution in [0.2, 0.25) is 0 Å². The summed E-state index contributed by atoms with van der Waals surface area (Å²) < 4.78 is 51.6. The van der Waals surface area contributed by atoms with Gasteiger partial charge in [0.15, 0.2) is 33.3 Å². The Morgan fingerprint density at radius 3 is 1.82 bits per heavy atom. The molecular formula is C40H75O20P. The first-order chi connectivity index (χ1) is 28.5. The molecule has 21 heteroatoms. The Balaban J connectivity index is 1.74. The molecule has 3 aliphatic rings. The Bertz CT molecular complexity index is 1260. The van der Waals surface area contributed by atoms with Crippen molar-refractivity contribution in [1.29, 1.82) is 0 Å². The van der Waals surface area contributed by atoms with Crippen LogP contribution >= 0.6 is 8.38 Å². The molecule has 3 fully saturated rings. The van der Waals surface area contributed by atoms with Crippen LogP contribution in [0.5, 0.6) is 0 Å². The molecule has 3 rings (SSSR count). The van der Waals surface area contributed by atoms with E-state index in [0.29, 0.717) is 25.9 Å². The van der Waals surface area contributed by atoms with Gasteiger partial charge in [-0.1, -0.05) is 48.5 Å². The van der Waals surface area contributed by atoms with Crippen LogP contribution in [0.25, 0.3) is 0 Å². The molecule has 0 saturated carbocycles. The minimum absolute atomic E-state index is 0.0202. The van der Waals surface area contributed by atoms with Crippen LogP contribution in [0.15, 0.2) is 0 Å². The number of hydrogen-bond acceptors (Lipinski definition) is 20.